The number of nitrogens with one attached hydrogen (secondary N) is 1. The number of H-pyrrole nitrogens is 1. The molecule has 0 aliphatic carbocycles. The van der Waals surface area contributed by atoms with Gasteiger partial charge in [0.15, 0.2) is 12.5 Å². The van der Waals surface area contributed by atoms with Gasteiger partial charge in [-0.15, -0.1) is 0 Å². The van der Waals surface area contributed by atoms with Gasteiger partial charge < -0.3 is 29.5 Å². The van der Waals surface area contributed by atoms with Crippen molar-refractivity contribution in [2.24, 2.45) is 0 Å². The van der Waals surface area contributed by atoms with Crippen LogP contribution in [0, 0.1) is 0 Å². The van der Waals surface area contributed by atoms with Crippen LogP contribution in [0.1, 0.15) is 11.8 Å². The Bertz CT molecular complexity index is 944. The molecule has 0 amide bonds. The number of rotatable bonds is 4. The van der Waals surface area contributed by atoms with E-state index in [1.165, 1.54) is 0 Å². The summed E-state index contributed by atoms with van der Waals surface area (Å²) >= 11 is 0. The molecule has 1 unspecified atom stereocenters. The molecule has 10 heteroatoms. The average Bonchev–Trinajstić information content (AvgIpc) is 3.00. The molecule has 5 atom stereocenters. The fourth-order valence-corrected chi connectivity index (χ4v) is 3.40. The van der Waals surface area contributed by atoms with Crippen molar-refractivity contribution >= 4 is 0 Å². The third-order valence-electron chi connectivity index (χ3n) is 4.71. The van der Waals surface area contributed by atoms with Crippen molar-refractivity contribution in [3.8, 4) is 0 Å². The maximum atomic E-state index is 12.1. The number of aliphatic hydroxyl groups is 3. The Balaban J connectivity index is 1.70. The van der Waals surface area contributed by atoms with Crippen LogP contribution in [-0.2, 0) is 20.6 Å². The van der Waals surface area contributed by atoms with E-state index in [2.05, 4.69) is 0 Å². The monoisotopic (exact) mass is 378 g/mol. The van der Waals surface area contributed by atoms with Crippen molar-refractivity contribution < 1.29 is 29.5 Å². The molecule has 1 aromatic carbocycles. The average molecular weight is 378 g/mol. The van der Waals surface area contributed by atoms with Crippen LogP contribution in [0.2, 0.25) is 0 Å². The molecule has 0 radical (unpaired) electrons. The molecule has 4 N–H and O–H groups in total. The summed E-state index contributed by atoms with van der Waals surface area (Å²) in [6.07, 6.45) is -2.69. The third-order valence-corrected chi connectivity index (χ3v) is 4.71. The first-order chi connectivity index (χ1) is 12.9. The van der Waals surface area contributed by atoms with E-state index in [4.69, 9.17) is 14.2 Å². The van der Waals surface area contributed by atoms with Gasteiger partial charge in [0.1, 0.15) is 6.10 Å². The van der Waals surface area contributed by atoms with Crippen molar-refractivity contribution in [2.45, 2.75) is 36.6 Å². The van der Waals surface area contributed by atoms with Crippen molar-refractivity contribution in [1.29, 1.82) is 0 Å². The van der Waals surface area contributed by atoms with Crippen molar-refractivity contribution in [3.05, 3.63) is 69.0 Å². The number of fused-ring (bicyclic) bond motifs is 1. The van der Waals surface area contributed by atoms with E-state index in [9.17, 15) is 24.9 Å². The number of ether oxygens (including phenoxy) is 3. The fourth-order valence-electron chi connectivity index (χ4n) is 3.40. The van der Waals surface area contributed by atoms with Gasteiger partial charge in [0.2, 0.25) is 0 Å². The van der Waals surface area contributed by atoms with E-state index in [1.54, 1.807) is 0 Å². The van der Waals surface area contributed by atoms with Gasteiger partial charge >= 0.3 is 5.69 Å². The predicted molar refractivity (Wildman–Crippen MR) is 88.3 cm³/mol. The Hall–Kier alpha value is -2.34. The lowest BCUT2D eigenvalue weighted by Crippen LogP contribution is -2.57. The second-order valence-corrected chi connectivity index (χ2v) is 6.42. The van der Waals surface area contributed by atoms with Gasteiger partial charge in [0.05, 0.1) is 6.61 Å². The smallest absolute Gasteiger partial charge is 0.330 e. The summed E-state index contributed by atoms with van der Waals surface area (Å²) < 4.78 is 17.4. The molecule has 2 aliphatic heterocycles. The normalized spacial score (nSPS) is 35.3. The van der Waals surface area contributed by atoms with E-state index < -0.39 is 48.1 Å². The zero-order valence-corrected chi connectivity index (χ0v) is 14.0. The summed E-state index contributed by atoms with van der Waals surface area (Å²) in [6, 6.07) is 10.2. The predicted octanol–water partition coefficient (Wildman–Crippen LogP) is -1.58. The zero-order valence-electron chi connectivity index (χ0n) is 14.0. The number of aliphatic hydroxyl groups excluding tert-OH is 1. The van der Waals surface area contributed by atoms with Crippen molar-refractivity contribution in [3.63, 3.8) is 0 Å². The van der Waals surface area contributed by atoms with E-state index in [0.717, 1.165) is 22.4 Å². The molecule has 2 fully saturated rings. The summed E-state index contributed by atoms with van der Waals surface area (Å²) in [5.74, 6) is -4.90. The van der Waals surface area contributed by atoms with Gasteiger partial charge in [0.25, 0.3) is 17.1 Å². The highest BCUT2D eigenvalue weighted by Gasteiger charge is 2.74. The molecular weight excluding hydrogens is 360 g/mol. The molecule has 144 valence electrons. The van der Waals surface area contributed by atoms with E-state index in [1.807, 2.05) is 35.3 Å². The lowest BCUT2D eigenvalue weighted by atomic mass is 10.0. The molecule has 0 saturated carbocycles. The third kappa shape index (κ3) is 2.74. The topological polar surface area (TPSA) is 143 Å². The molecule has 0 bridgehead atoms. The molecule has 4 rings (SSSR count). The number of aromatic nitrogens is 2. The second-order valence-electron chi connectivity index (χ2n) is 6.42. The molecule has 0 spiro atoms. The van der Waals surface area contributed by atoms with E-state index >= 15 is 0 Å². The fraction of sp³-hybridized carbons (Fsp3) is 0.412. The van der Waals surface area contributed by atoms with Gasteiger partial charge in [-0.1, -0.05) is 30.3 Å². The molecule has 2 saturated heterocycles. The Kier molecular flexibility index (Phi) is 4.26. The van der Waals surface area contributed by atoms with Crippen molar-refractivity contribution in [2.75, 3.05) is 6.61 Å². The lowest BCUT2D eigenvalue weighted by molar-refractivity contribution is -0.294. The van der Waals surface area contributed by atoms with E-state index in [-0.39, 0.29) is 6.42 Å². The molecule has 3 heterocycles. The Morgan fingerprint density at radius 1 is 1.07 bits per heavy atom. The summed E-state index contributed by atoms with van der Waals surface area (Å²) in [6.45, 7) is -0.700. The summed E-state index contributed by atoms with van der Waals surface area (Å²) in [5, 5.41) is 31.5. The number of nitrogens with zero attached hydrogens (tertiary/aromatic N) is 1. The largest absolute Gasteiger partial charge is 0.393 e. The SMILES string of the molecule is O=c1ccn([C@@H]2O[C@H](CO)[C@]3(O)OC(Cc4ccccc4)O[C@]23O)c(=O)[nH]1. The van der Waals surface area contributed by atoms with Gasteiger partial charge in [-0.3, -0.25) is 14.3 Å². The highest BCUT2D eigenvalue weighted by molar-refractivity contribution is 5.16. The quantitative estimate of drug-likeness (QED) is 0.499. The highest BCUT2D eigenvalue weighted by Crippen LogP contribution is 2.52. The second kappa shape index (κ2) is 6.37. The molecule has 2 aliphatic rings. The van der Waals surface area contributed by atoms with E-state index in [0.29, 0.717) is 0 Å². The Labute approximate surface area is 152 Å². The number of hydrogen-bond acceptors (Lipinski definition) is 8. The maximum Gasteiger partial charge on any atom is 0.330 e. The minimum Gasteiger partial charge on any atom is -0.393 e. The van der Waals surface area contributed by atoms with Gasteiger partial charge in [-0.05, 0) is 5.56 Å². The first-order valence-corrected chi connectivity index (χ1v) is 8.29. The lowest BCUT2D eigenvalue weighted by Gasteiger charge is -2.30. The first-order valence-electron chi connectivity index (χ1n) is 8.29. The van der Waals surface area contributed by atoms with Gasteiger partial charge in [-0.25, -0.2) is 4.79 Å². The summed E-state index contributed by atoms with van der Waals surface area (Å²) in [4.78, 5) is 25.4. The maximum absolute atomic E-state index is 12.1. The standard InChI is InChI=1S/C17H18N2O8/c20-9-11-16(23)17(24,14(25-11)19-7-6-12(21)18-15(19)22)27-13(26-16)8-10-4-2-1-3-5-10/h1-7,11,13-14,20,23-24H,8-9H2,(H,18,21,22)/t11-,13?,14-,16+,17-/m1/s1. The molecule has 10 nitrogen and oxygen atoms in total. The van der Waals surface area contributed by atoms with Crippen LogP contribution in [0.15, 0.2) is 52.2 Å². The van der Waals surface area contributed by atoms with Crippen molar-refractivity contribution in [1.82, 2.24) is 9.55 Å². The van der Waals surface area contributed by atoms with Crippen LogP contribution < -0.4 is 11.2 Å². The Morgan fingerprint density at radius 2 is 1.78 bits per heavy atom. The molecule has 27 heavy (non-hydrogen) atoms. The first kappa shape index (κ1) is 18.0. The van der Waals surface area contributed by atoms with Crippen LogP contribution in [0.4, 0.5) is 0 Å². The Morgan fingerprint density at radius 3 is 2.44 bits per heavy atom. The van der Waals surface area contributed by atoms with Crippen LogP contribution >= 0.6 is 0 Å². The molecule has 2 aromatic rings. The number of benzene rings is 1. The van der Waals surface area contributed by atoms with Crippen LogP contribution in [-0.4, -0.2) is 55.4 Å². The zero-order chi connectivity index (χ0) is 19.2. The summed E-state index contributed by atoms with van der Waals surface area (Å²) in [7, 11) is 0. The minimum absolute atomic E-state index is 0.205. The number of aromatic amines is 1. The molecule has 1 aromatic heterocycles. The minimum atomic E-state index is -2.48. The number of hydrogen-bond donors (Lipinski definition) is 4. The summed E-state index contributed by atoms with van der Waals surface area (Å²) in [5.41, 5.74) is -0.688. The highest BCUT2D eigenvalue weighted by atomic mass is 16.9. The molecular formula is C17H18N2O8. The van der Waals surface area contributed by atoms with Gasteiger partial charge in [-0.2, -0.15) is 0 Å². The van der Waals surface area contributed by atoms with Crippen LogP contribution in [0.3, 0.4) is 0 Å². The van der Waals surface area contributed by atoms with Crippen LogP contribution in [0.5, 0.6) is 0 Å². The van der Waals surface area contributed by atoms with Gasteiger partial charge in [0, 0.05) is 18.7 Å². The van der Waals surface area contributed by atoms with Crippen LogP contribution in [0.25, 0.3) is 0 Å².